The number of rotatable bonds is 6. The van der Waals surface area contributed by atoms with Crippen LogP contribution < -0.4 is 15.2 Å². The van der Waals surface area contributed by atoms with E-state index in [1.54, 1.807) is 14.2 Å². The number of carbonyl (C=O) groups excluding carboxylic acids is 1. The van der Waals surface area contributed by atoms with Crippen molar-refractivity contribution in [2.24, 2.45) is 5.73 Å². The summed E-state index contributed by atoms with van der Waals surface area (Å²) in [6.07, 6.45) is 1.21. The molecule has 1 unspecified atom stereocenters. The van der Waals surface area contributed by atoms with Gasteiger partial charge in [0.1, 0.15) is 0 Å². The topological polar surface area (TPSA) is 61.6 Å². The van der Waals surface area contributed by atoms with Crippen molar-refractivity contribution in [1.82, 2.24) is 0 Å². The molecule has 1 aromatic carbocycles. The van der Waals surface area contributed by atoms with Gasteiger partial charge in [-0.1, -0.05) is 13.0 Å². The molecule has 1 amide bonds. The number of nitrogens with two attached hydrogens (primary N) is 1. The van der Waals surface area contributed by atoms with Crippen molar-refractivity contribution in [1.29, 1.82) is 0 Å². The van der Waals surface area contributed by atoms with Crippen molar-refractivity contribution in [2.45, 2.75) is 25.7 Å². The molecule has 1 rings (SSSR count). The number of benzene rings is 1. The van der Waals surface area contributed by atoms with Gasteiger partial charge in [0.25, 0.3) is 0 Å². The maximum absolute atomic E-state index is 11.0. The summed E-state index contributed by atoms with van der Waals surface area (Å²) < 4.78 is 10.4. The highest BCUT2D eigenvalue weighted by Gasteiger charge is 2.14. The lowest BCUT2D eigenvalue weighted by molar-refractivity contribution is -0.118. The van der Waals surface area contributed by atoms with Crippen molar-refractivity contribution in [3.8, 4) is 11.5 Å². The number of ether oxygens (including phenoxy) is 2. The molecule has 0 aliphatic carbocycles. The van der Waals surface area contributed by atoms with Gasteiger partial charge in [-0.25, -0.2) is 0 Å². The van der Waals surface area contributed by atoms with Crippen molar-refractivity contribution in [3.05, 3.63) is 23.8 Å². The van der Waals surface area contributed by atoms with Gasteiger partial charge in [0.2, 0.25) is 5.91 Å². The van der Waals surface area contributed by atoms with E-state index in [1.807, 2.05) is 25.1 Å². The van der Waals surface area contributed by atoms with E-state index in [2.05, 4.69) is 0 Å². The molecule has 0 aliphatic heterocycles. The Morgan fingerprint density at radius 3 is 2.41 bits per heavy atom. The molecule has 1 atom stereocenters. The standard InChI is InChI=1S/C13H19NO3/c1-4-9(8-13(14)15)10-5-6-11(16-2)12(7-10)17-3/h5-7,9H,4,8H2,1-3H3,(H2,14,15). The predicted molar refractivity (Wildman–Crippen MR) is 66.4 cm³/mol. The second-order valence-corrected chi connectivity index (χ2v) is 3.89. The summed E-state index contributed by atoms with van der Waals surface area (Å²) in [5.74, 6) is 1.21. The molecule has 0 radical (unpaired) electrons. The highest BCUT2D eigenvalue weighted by Crippen LogP contribution is 2.32. The van der Waals surface area contributed by atoms with Gasteiger partial charge < -0.3 is 15.2 Å². The number of amides is 1. The van der Waals surface area contributed by atoms with Gasteiger partial charge in [-0.2, -0.15) is 0 Å². The second kappa shape index (κ2) is 6.13. The molecule has 2 N–H and O–H groups in total. The van der Waals surface area contributed by atoms with Gasteiger partial charge in [-0.3, -0.25) is 4.79 Å². The fourth-order valence-corrected chi connectivity index (χ4v) is 1.85. The predicted octanol–water partition coefficient (Wildman–Crippen LogP) is 2.07. The summed E-state index contributed by atoms with van der Waals surface area (Å²) in [4.78, 5) is 11.0. The molecule has 1 aromatic rings. The Labute approximate surface area is 102 Å². The van der Waals surface area contributed by atoms with Gasteiger partial charge in [0.15, 0.2) is 11.5 Å². The Balaban J connectivity index is 3.00. The van der Waals surface area contributed by atoms with Crippen LogP contribution in [0.4, 0.5) is 0 Å². The minimum atomic E-state index is -0.286. The van der Waals surface area contributed by atoms with E-state index >= 15 is 0 Å². The van der Waals surface area contributed by atoms with Gasteiger partial charge in [0.05, 0.1) is 14.2 Å². The van der Waals surface area contributed by atoms with Crippen LogP contribution in [-0.2, 0) is 4.79 Å². The van der Waals surface area contributed by atoms with E-state index in [1.165, 1.54) is 0 Å². The quantitative estimate of drug-likeness (QED) is 0.823. The zero-order valence-corrected chi connectivity index (χ0v) is 10.5. The SMILES string of the molecule is CCC(CC(N)=O)c1ccc(OC)c(OC)c1. The summed E-state index contributed by atoms with van der Waals surface area (Å²) >= 11 is 0. The largest absolute Gasteiger partial charge is 0.493 e. The highest BCUT2D eigenvalue weighted by atomic mass is 16.5. The van der Waals surface area contributed by atoms with Crippen LogP contribution in [0.1, 0.15) is 31.2 Å². The maximum atomic E-state index is 11.0. The monoisotopic (exact) mass is 237 g/mol. The first-order chi connectivity index (χ1) is 8.12. The lowest BCUT2D eigenvalue weighted by atomic mass is 9.93. The third-order valence-corrected chi connectivity index (χ3v) is 2.82. The molecule has 0 heterocycles. The van der Waals surface area contributed by atoms with Crippen LogP contribution in [0.2, 0.25) is 0 Å². The number of carbonyl (C=O) groups is 1. The molecule has 0 saturated carbocycles. The van der Waals surface area contributed by atoms with Crippen molar-refractivity contribution >= 4 is 5.91 Å². The molecule has 17 heavy (non-hydrogen) atoms. The number of hydrogen-bond acceptors (Lipinski definition) is 3. The molecule has 0 bridgehead atoms. The average molecular weight is 237 g/mol. The summed E-state index contributed by atoms with van der Waals surface area (Å²) in [6.45, 7) is 2.03. The number of primary amides is 1. The Hall–Kier alpha value is -1.71. The first-order valence-corrected chi connectivity index (χ1v) is 5.62. The molecule has 0 saturated heterocycles. The Morgan fingerprint density at radius 1 is 1.29 bits per heavy atom. The summed E-state index contributed by atoms with van der Waals surface area (Å²) in [5.41, 5.74) is 6.28. The third kappa shape index (κ3) is 3.37. The summed E-state index contributed by atoms with van der Waals surface area (Å²) in [6, 6.07) is 5.69. The highest BCUT2D eigenvalue weighted by molar-refractivity contribution is 5.74. The van der Waals surface area contributed by atoms with Gasteiger partial charge in [-0.05, 0) is 30.0 Å². The minimum absolute atomic E-state index is 0.132. The zero-order valence-electron chi connectivity index (χ0n) is 10.5. The lowest BCUT2D eigenvalue weighted by Crippen LogP contribution is -2.15. The molecule has 0 fully saturated rings. The molecule has 4 nitrogen and oxygen atoms in total. The van der Waals surface area contributed by atoms with Crippen LogP contribution >= 0.6 is 0 Å². The molecule has 4 heteroatoms. The number of methoxy groups -OCH3 is 2. The Morgan fingerprint density at radius 2 is 1.94 bits per heavy atom. The fraction of sp³-hybridized carbons (Fsp3) is 0.462. The average Bonchev–Trinajstić information content (AvgIpc) is 2.34. The van der Waals surface area contributed by atoms with Crippen LogP contribution in [0.15, 0.2) is 18.2 Å². The maximum Gasteiger partial charge on any atom is 0.218 e. The zero-order chi connectivity index (χ0) is 12.8. The molecular weight excluding hydrogens is 218 g/mol. The fourth-order valence-electron chi connectivity index (χ4n) is 1.85. The number of hydrogen-bond donors (Lipinski definition) is 1. The Bertz CT molecular complexity index is 390. The molecule has 0 aromatic heterocycles. The normalized spacial score (nSPS) is 11.9. The molecule has 0 aliphatic rings. The van der Waals surface area contributed by atoms with Crippen molar-refractivity contribution < 1.29 is 14.3 Å². The first kappa shape index (κ1) is 13.4. The van der Waals surface area contributed by atoms with Gasteiger partial charge >= 0.3 is 0 Å². The van der Waals surface area contributed by atoms with E-state index in [-0.39, 0.29) is 11.8 Å². The smallest absolute Gasteiger partial charge is 0.218 e. The van der Waals surface area contributed by atoms with E-state index in [0.717, 1.165) is 12.0 Å². The summed E-state index contributed by atoms with van der Waals surface area (Å²) in [7, 11) is 3.19. The van der Waals surface area contributed by atoms with Crippen molar-refractivity contribution in [3.63, 3.8) is 0 Å². The van der Waals surface area contributed by atoms with Crippen LogP contribution in [0, 0.1) is 0 Å². The van der Waals surface area contributed by atoms with Crippen LogP contribution in [0.3, 0.4) is 0 Å². The van der Waals surface area contributed by atoms with Crippen LogP contribution in [0.5, 0.6) is 11.5 Å². The van der Waals surface area contributed by atoms with Crippen molar-refractivity contribution in [2.75, 3.05) is 14.2 Å². The minimum Gasteiger partial charge on any atom is -0.493 e. The Kier molecular flexibility index (Phi) is 4.82. The van der Waals surface area contributed by atoms with E-state index in [4.69, 9.17) is 15.2 Å². The lowest BCUT2D eigenvalue weighted by Gasteiger charge is -2.16. The molecule has 0 spiro atoms. The third-order valence-electron chi connectivity index (χ3n) is 2.82. The second-order valence-electron chi connectivity index (χ2n) is 3.89. The molecule has 94 valence electrons. The van der Waals surface area contributed by atoms with E-state index in [9.17, 15) is 4.79 Å². The first-order valence-electron chi connectivity index (χ1n) is 5.62. The molecular formula is C13H19NO3. The van der Waals surface area contributed by atoms with Crippen LogP contribution in [-0.4, -0.2) is 20.1 Å². The summed E-state index contributed by atoms with van der Waals surface area (Å²) in [5, 5.41) is 0. The van der Waals surface area contributed by atoms with Crippen LogP contribution in [0.25, 0.3) is 0 Å². The van der Waals surface area contributed by atoms with E-state index < -0.39 is 0 Å². The van der Waals surface area contributed by atoms with Gasteiger partial charge in [-0.15, -0.1) is 0 Å². The van der Waals surface area contributed by atoms with E-state index in [0.29, 0.717) is 17.9 Å². The van der Waals surface area contributed by atoms with Gasteiger partial charge in [0, 0.05) is 6.42 Å².